The Labute approximate surface area is 218 Å². The second-order valence-corrected chi connectivity index (χ2v) is 11.7. The van der Waals surface area contributed by atoms with Gasteiger partial charge in [0.15, 0.2) is 11.5 Å². The van der Waals surface area contributed by atoms with E-state index in [1.54, 1.807) is 36.8 Å². The maximum Gasteiger partial charge on any atom is 0.175 e. The summed E-state index contributed by atoms with van der Waals surface area (Å²) < 4.78 is 25.4. The number of methoxy groups -OCH3 is 1. The van der Waals surface area contributed by atoms with E-state index in [9.17, 15) is 9.65 Å². The molecule has 1 aromatic heterocycles. The molecule has 0 saturated heterocycles. The van der Waals surface area contributed by atoms with Gasteiger partial charge >= 0.3 is 0 Å². The van der Waals surface area contributed by atoms with E-state index in [0.717, 1.165) is 39.9 Å². The fraction of sp³-hybridized carbons (Fsp3) is 0.357. The van der Waals surface area contributed by atoms with Crippen molar-refractivity contribution in [1.82, 2.24) is 0 Å². The number of hydrogen-bond acceptors (Lipinski definition) is 5. The van der Waals surface area contributed by atoms with Crippen LogP contribution in [0, 0.1) is 28.5 Å². The molecule has 1 heterocycles. The average Bonchev–Trinajstić information content (AvgIpc) is 3.19. The quantitative estimate of drug-likeness (QED) is 0.290. The highest BCUT2D eigenvalue weighted by molar-refractivity contribution is 9.10. The predicted molar refractivity (Wildman–Crippen MR) is 143 cm³/mol. The van der Waals surface area contributed by atoms with Gasteiger partial charge in [-0.1, -0.05) is 32.9 Å². The van der Waals surface area contributed by atoms with Crippen LogP contribution in [0.1, 0.15) is 54.3 Å². The van der Waals surface area contributed by atoms with Gasteiger partial charge in [-0.2, -0.15) is 5.26 Å². The number of fused-ring (bicyclic) bond motifs is 1. The summed E-state index contributed by atoms with van der Waals surface area (Å²) in [6, 6.07) is 12.3. The monoisotopic (exact) mass is 554 g/mol. The van der Waals surface area contributed by atoms with Gasteiger partial charge < -0.3 is 9.47 Å². The van der Waals surface area contributed by atoms with Crippen molar-refractivity contribution >= 4 is 38.5 Å². The first-order valence-electron chi connectivity index (χ1n) is 11.5. The topological polar surface area (TPSA) is 54.6 Å². The summed E-state index contributed by atoms with van der Waals surface area (Å²) in [6.45, 7) is 7.15. The molecule has 0 aliphatic heterocycles. The maximum absolute atomic E-state index is 13.2. The molecule has 182 valence electrons. The van der Waals surface area contributed by atoms with Crippen molar-refractivity contribution in [1.29, 1.82) is 5.26 Å². The van der Waals surface area contributed by atoms with Gasteiger partial charge in [-0.25, -0.2) is 9.38 Å². The minimum absolute atomic E-state index is 0.251. The Balaban J connectivity index is 1.55. The number of halogens is 2. The molecular formula is C28H28BrFN2O2S. The Bertz CT molecular complexity index is 1290. The summed E-state index contributed by atoms with van der Waals surface area (Å²) >= 11 is 5.21. The Morgan fingerprint density at radius 1 is 1.26 bits per heavy atom. The summed E-state index contributed by atoms with van der Waals surface area (Å²) in [6.07, 6.45) is 4.81. The fourth-order valence-electron chi connectivity index (χ4n) is 4.34. The molecule has 0 saturated carbocycles. The highest BCUT2D eigenvalue weighted by Crippen LogP contribution is 2.45. The summed E-state index contributed by atoms with van der Waals surface area (Å²) in [7, 11) is 1.58. The van der Waals surface area contributed by atoms with Crippen LogP contribution in [0.4, 0.5) is 9.39 Å². The molecule has 7 heteroatoms. The van der Waals surface area contributed by atoms with Gasteiger partial charge in [0.1, 0.15) is 23.5 Å². The van der Waals surface area contributed by atoms with Gasteiger partial charge in [0.05, 0.1) is 17.1 Å². The van der Waals surface area contributed by atoms with Crippen LogP contribution < -0.4 is 9.47 Å². The number of nitrogens with zero attached hydrogens (tertiary/aromatic N) is 2. The molecule has 0 spiro atoms. The molecule has 35 heavy (non-hydrogen) atoms. The predicted octanol–water partition coefficient (Wildman–Crippen LogP) is 8.01. The molecular weight excluding hydrogens is 527 g/mol. The van der Waals surface area contributed by atoms with Gasteiger partial charge in [-0.3, -0.25) is 0 Å². The zero-order valence-corrected chi connectivity index (χ0v) is 22.7. The number of ether oxygens (including phenoxy) is 2. The van der Waals surface area contributed by atoms with E-state index in [1.165, 1.54) is 22.6 Å². The van der Waals surface area contributed by atoms with E-state index in [0.29, 0.717) is 23.0 Å². The zero-order chi connectivity index (χ0) is 25.2. The normalized spacial score (nSPS) is 15.6. The Hall–Kier alpha value is -2.69. The van der Waals surface area contributed by atoms with Gasteiger partial charge in [0.25, 0.3) is 0 Å². The lowest BCUT2D eigenvalue weighted by Crippen LogP contribution is -2.26. The summed E-state index contributed by atoms with van der Waals surface area (Å²) in [5.74, 6) is 1.45. The van der Waals surface area contributed by atoms with Crippen molar-refractivity contribution in [3.05, 3.63) is 73.8 Å². The lowest BCUT2D eigenvalue weighted by atomic mass is 9.72. The number of thiophene rings is 1. The summed E-state index contributed by atoms with van der Waals surface area (Å²) in [5.41, 5.74) is 3.81. The molecule has 1 aliphatic rings. The van der Waals surface area contributed by atoms with Gasteiger partial charge in [-0.05, 0) is 87.5 Å². The van der Waals surface area contributed by atoms with E-state index >= 15 is 0 Å². The van der Waals surface area contributed by atoms with Crippen molar-refractivity contribution in [3.8, 4) is 17.6 Å². The molecule has 1 aliphatic carbocycles. The minimum atomic E-state index is -0.281. The molecule has 0 bridgehead atoms. The van der Waals surface area contributed by atoms with E-state index in [4.69, 9.17) is 14.5 Å². The largest absolute Gasteiger partial charge is 0.493 e. The first kappa shape index (κ1) is 25.4. The van der Waals surface area contributed by atoms with Crippen LogP contribution in [0.25, 0.3) is 0 Å². The lowest BCUT2D eigenvalue weighted by molar-refractivity contribution is 0.218. The van der Waals surface area contributed by atoms with Crippen molar-refractivity contribution in [2.75, 3.05) is 7.11 Å². The fourth-order valence-corrected chi connectivity index (χ4v) is 6.14. The average molecular weight is 556 g/mol. The molecule has 4 rings (SSSR count). The van der Waals surface area contributed by atoms with Crippen molar-refractivity contribution in [2.45, 2.75) is 46.6 Å². The second kappa shape index (κ2) is 10.5. The molecule has 4 nitrogen and oxygen atoms in total. The third kappa shape index (κ3) is 5.76. The van der Waals surface area contributed by atoms with Crippen molar-refractivity contribution in [2.24, 2.45) is 16.3 Å². The van der Waals surface area contributed by atoms with Crippen LogP contribution in [0.2, 0.25) is 0 Å². The smallest absolute Gasteiger partial charge is 0.175 e. The molecule has 1 atom stereocenters. The van der Waals surface area contributed by atoms with E-state index in [-0.39, 0.29) is 17.8 Å². The van der Waals surface area contributed by atoms with E-state index < -0.39 is 0 Å². The SMILES string of the molecule is COc1cc(C=Nc2sc3c(c2C#N)CC[C@@H](C(C)(C)C)C3)cc(Br)c1OCc1ccc(F)cc1. The van der Waals surface area contributed by atoms with Crippen molar-refractivity contribution in [3.63, 3.8) is 0 Å². The first-order chi connectivity index (χ1) is 16.7. The Morgan fingerprint density at radius 2 is 2.00 bits per heavy atom. The zero-order valence-electron chi connectivity index (χ0n) is 20.3. The van der Waals surface area contributed by atoms with Gasteiger partial charge in [0, 0.05) is 11.1 Å². The molecule has 2 aromatic carbocycles. The molecule has 3 aromatic rings. The number of aliphatic imine (C=N–C) groups is 1. The standard InChI is InChI=1S/C28H28BrFN2O2S/c1-28(2,3)19-7-10-21-22(14-31)27(35-25(21)13-19)32-15-18-11-23(29)26(24(12-18)33-4)34-16-17-5-8-20(30)9-6-17/h5-6,8-9,11-12,15,19H,7,10,13,16H2,1-4H3/t19-/m1/s1. The van der Waals surface area contributed by atoms with Crippen LogP contribution in [-0.4, -0.2) is 13.3 Å². The minimum Gasteiger partial charge on any atom is -0.493 e. The maximum atomic E-state index is 13.2. The molecule has 0 amide bonds. The lowest BCUT2D eigenvalue weighted by Gasteiger charge is -2.33. The van der Waals surface area contributed by atoms with E-state index in [1.807, 2.05) is 12.1 Å². The van der Waals surface area contributed by atoms with Gasteiger partial charge in [0.2, 0.25) is 0 Å². The number of hydrogen-bond donors (Lipinski definition) is 0. The Kier molecular flexibility index (Phi) is 7.63. The van der Waals surface area contributed by atoms with Crippen LogP contribution >= 0.6 is 27.3 Å². The first-order valence-corrected chi connectivity index (χ1v) is 13.1. The van der Waals surface area contributed by atoms with Crippen LogP contribution in [-0.2, 0) is 19.4 Å². The Morgan fingerprint density at radius 3 is 2.66 bits per heavy atom. The van der Waals surface area contributed by atoms with Crippen LogP contribution in [0.5, 0.6) is 11.5 Å². The van der Waals surface area contributed by atoms with E-state index in [2.05, 4.69) is 42.8 Å². The highest BCUT2D eigenvalue weighted by Gasteiger charge is 2.32. The second-order valence-electron chi connectivity index (χ2n) is 9.81. The molecule has 0 unspecified atom stereocenters. The highest BCUT2D eigenvalue weighted by atomic mass is 79.9. The van der Waals surface area contributed by atoms with Gasteiger partial charge in [-0.15, -0.1) is 11.3 Å². The molecule has 0 radical (unpaired) electrons. The number of nitriles is 1. The van der Waals surface area contributed by atoms with Crippen molar-refractivity contribution < 1.29 is 13.9 Å². The summed E-state index contributed by atoms with van der Waals surface area (Å²) in [4.78, 5) is 6.00. The van der Waals surface area contributed by atoms with Crippen LogP contribution in [0.15, 0.2) is 45.9 Å². The third-order valence-corrected chi connectivity index (χ3v) is 8.21. The van der Waals surface area contributed by atoms with Crippen LogP contribution in [0.3, 0.4) is 0 Å². The third-order valence-electron chi connectivity index (χ3n) is 6.46. The summed E-state index contributed by atoms with van der Waals surface area (Å²) in [5, 5.41) is 10.6. The number of rotatable bonds is 6. The number of benzene rings is 2. The molecule has 0 N–H and O–H groups in total. The molecule has 0 fully saturated rings.